The van der Waals surface area contributed by atoms with Crippen molar-refractivity contribution in [2.45, 2.75) is 11.4 Å². The molecule has 3 rings (SSSR count). The second-order valence-electron chi connectivity index (χ2n) is 5.91. The lowest BCUT2D eigenvalue weighted by Gasteiger charge is -2.15. The Balaban J connectivity index is 1.56. The number of amides is 1. The number of hydrogen-bond donors (Lipinski definition) is 1. The van der Waals surface area contributed by atoms with Gasteiger partial charge >= 0.3 is 0 Å². The van der Waals surface area contributed by atoms with Crippen molar-refractivity contribution >= 4 is 23.4 Å². The number of oxazole rings is 1. The van der Waals surface area contributed by atoms with E-state index in [2.05, 4.69) is 10.3 Å². The van der Waals surface area contributed by atoms with Crippen LogP contribution in [-0.2, 0) is 11.3 Å². The van der Waals surface area contributed by atoms with Gasteiger partial charge in [-0.1, -0.05) is 42.5 Å². The highest BCUT2D eigenvalue weighted by Gasteiger charge is 2.12. The molecule has 0 aliphatic rings. The average Bonchev–Trinajstić information content (AvgIpc) is 3.11. The van der Waals surface area contributed by atoms with Gasteiger partial charge in [-0.25, -0.2) is 4.98 Å². The van der Waals surface area contributed by atoms with E-state index in [1.807, 2.05) is 72.8 Å². The van der Waals surface area contributed by atoms with Crippen LogP contribution in [0.3, 0.4) is 0 Å². The minimum Gasteiger partial charge on any atom is -0.439 e. The third kappa shape index (κ3) is 4.74. The third-order valence-corrected chi connectivity index (χ3v) is 4.61. The maximum atomic E-state index is 12.3. The largest absolute Gasteiger partial charge is 0.439 e. The Kier molecular flexibility index (Phi) is 6.09. The summed E-state index contributed by atoms with van der Waals surface area (Å²) in [6.45, 7) is 0.718. The number of nitrogens with one attached hydrogen (secondary N) is 1. The minimum absolute atomic E-state index is 0.0659. The van der Waals surface area contributed by atoms with Gasteiger partial charge < -0.3 is 9.73 Å². The summed E-state index contributed by atoms with van der Waals surface area (Å²) in [6.07, 6.45) is 3.71. The van der Waals surface area contributed by atoms with Gasteiger partial charge in [0.05, 0.1) is 25.0 Å². The maximum absolute atomic E-state index is 12.3. The Morgan fingerprint density at radius 3 is 2.65 bits per heavy atom. The zero-order valence-corrected chi connectivity index (χ0v) is 15.6. The van der Waals surface area contributed by atoms with Crippen LogP contribution in [0.15, 0.2) is 70.1 Å². The molecule has 0 aliphatic carbocycles. The second kappa shape index (κ2) is 8.69. The van der Waals surface area contributed by atoms with Crippen LogP contribution >= 0.6 is 11.8 Å². The lowest BCUT2D eigenvalue weighted by molar-refractivity contribution is -0.117. The fraction of sp³-hybridized carbons (Fsp3) is 0.200. The fourth-order valence-electron chi connectivity index (χ4n) is 2.59. The normalized spacial score (nSPS) is 10.9. The Morgan fingerprint density at radius 2 is 1.88 bits per heavy atom. The van der Waals surface area contributed by atoms with Crippen LogP contribution in [0.2, 0.25) is 0 Å². The van der Waals surface area contributed by atoms with Gasteiger partial charge in [0.2, 0.25) is 11.8 Å². The number of rotatable bonds is 7. The monoisotopic (exact) mass is 367 g/mol. The first-order chi connectivity index (χ1) is 12.7. The van der Waals surface area contributed by atoms with Gasteiger partial charge in [-0.2, -0.15) is 0 Å². The lowest BCUT2D eigenvalue weighted by Crippen LogP contribution is -2.30. The van der Waals surface area contributed by atoms with Crippen molar-refractivity contribution in [3.05, 3.63) is 66.7 Å². The molecule has 1 aromatic heterocycles. The zero-order valence-electron chi connectivity index (χ0n) is 14.8. The standard InChI is InChI=1S/C20H21N3O2S/c1-23(13-19(24)22-16-10-6-7-11-18(16)26-2)14-20-21-12-17(25-20)15-8-4-3-5-9-15/h3-12H,13-14H2,1-2H3,(H,22,24). The highest BCUT2D eigenvalue weighted by molar-refractivity contribution is 7.98. The molecule has 1 heterocycles. The van der Waals surface area contributed by atoms with Crippen LogP contribution in [0.5, 0.6) is 0 Å². The van der Waals surface area contributed by atoms with E-state index in [0.29, 0.717) is 12.4 Å². The van der Waals surface area contributed by atoms with E-state index in [0.717, 1.165) is 21.9 Å². The van der Waals surface area contributed by atoms with Gasteiger partial charge in [0.15, 0.2) is 5.76 Å². The first-order valence-corrected chi connectivity index (χ1v) is 9.49. The maximum Gasteiger partial charge on any atom is 0.238 e. The van der Waals surface area contributed by atoms with E-state index in [1.165, 1.54) is 0 Å². The van der Waals surface area contributed by atoms with Gasteiger partial charge in [0.1, 0.15) is 0 Å². The number of carbonyl (C=O) groups excluding carboxylic acids is 1. The molecule has 0 saturated heterocycles. The van der Waals surface area contributed by atoms with Crippen molar-refractivity contribution in [3.8, 4) is 11.3 Å². The van der Waals surface area contributed by atoms with Crippen LogP contribution < -0.4 is 5.32 Å². The first-order valence-electron chi connectivity index (χ1n) is 8.27. The summed E-state index contributed by atoms with van der Waals surface area (Å²) in [5.41, 5.74) is 1.82. The number of thioether (sulfide) groups is 1. The van der Waals surface area contributed by atoms with Crippen molar-refractivity contribution in [1.29, 1.82) is 0 Å². The molecular weight excluding hydrogens is 346 g/mol. The number of para-hydroxylation sites is 1. The molecule has 6 heteroatoms. The number of benzene rings is 2. The second-order valence-corrected chi connectivity index (χ2v) is 6.75. The number of aromatic nitrogens is 1. The highest BCUT2D eigenvalue weighted by atomic mass is 32.2. The molecule has 134 valence electrons. The molecule has 1 amide bonds. The number of anilines is 1. The SMILES string of the molecule is CSc1ccccc1NC(=O)CN(C)Cc1ncc(-c2ccccc2)o1. The summed E-state index contributed by atoms with van der Waals surface area (Å²) < 4.78 is 5.79. The predicted octanol–water partition coefficient (Wildman–Crippen LogP) is 4.13. The predicted molar refractivity (Wildman–Crippen MR) is 105 cm³/mol. The van der Waals surface area contributed by atoms with Gasteiger partial charge in [0, 0.05) is 10.5 Å². The zero-order chi connectivity index (χ0) is 18.4. The lowest BCUT2D eigenvalue weighted by atomic mass is 10.2. The first kappa shape index (κ1) is 18.2. The van der Waals surface area contributed by atoms with E-state index in [4.69, 9.17) is 4.42 Å². The molecule has 0 aliphatic heterocycles. The number of carbonyl (C=O) groups is 1. The van der Waals surface area contributed by atoms with Gasteiger partial charge in [-0.05, 0) is 25.4 Å². The summed E-state index contributed by atoms with van der Waals surface area (Å²) in [6, 6.07) is 17.6. The quantitative estimate of drug-likeness (QED) is 0.636. The smallest absolute Gasteiger partial charge is 0.238 e. The van der Waals surface area contributed by atoms with Crippen LogP contribution in [0, 0.1) is 0 Å². The van der Waals surface area contributed by atoms with E-state index in [-0.39, 0.29) is 12.5 Å². The number of hydrogen-bond acceptors (Lipinski definition) is 5. The summed E-state index contributed by atoms with van der Waals surface area (Å²) in [4.78, 5) is 19.5. The van der Waals surface area contributed by atoms with Gasteiger partial charge in [0.25, 0.3) is 0 Å². The third-order valence-electron chi connectivity index (χ3n) is 3.81. The van der Waals surface area contributed by atoms with Crippen LogP contribution in [0.25, 0.3) is 11.3 Å². The topological polar surface area (TPSA) is 58.4 Å². The van der Waals surface area contributed by atoms with Crippen molar-refractivity contribution in [2.24, 2.45) is 0 Å². The van der Waals surface area contributed by atoms with E-state index >= 15 is 0 Å². The molecule has 0 atom stereocenters. The van der Waals surface area contributed by atoms with Crippen molar-refractivity contribution < 1.29 is 9.21 Å². The Labute approximate surface area is 157 Å². The Bertz CT molecular complexity index is 864. The highest BCUT2D eigenvalue weighted by Crippen LogP contribution is 2.24. The molecule has 1 N–H and O–H groups in total. The van der Waals surface area contributed by atoms with E-state index in [9.17, 15) is 4.79 Å². The molecule has 2 aromatic carbocycles. The minimum atomic E-state index is -0.0659. The van der Waals surface area contributed by atoms with E-state index < -0.39 is 0 Å². The fourth-order valence-corrected chi connectivity index (χ4v) is 3.14. The molecule has 0 bridgehead atoms. The molecule has 0 radical (unpaired) electrons. The molecule has 0 fully saturated rings. The Hall–Kier alpha value is -2.57. The summed E-state index contributed by atoms with van der Waals surface area (Å²) >= 11 is 1.61. The van der Waals surface area contributed by atoms with Gasteiger partial charge in [-0.15, -0.1) is 11.8 Å². The molecule has 26 heavy (non-hydrogen) atoms. The molecule has 5 nitrogen and oxygen atoms in total. The summed E-state index contributed by atoms with van der Waals surface area (Å²) in [5, 5.41) is 2.96. The molecule has 0 saturated carbocycles. The number of nitrogens with zero attached hydrogens (tertiary/aromatic N) is 2. The molecule has 0 spiro atoms. The number of likely N-dealkylation sites (N-methyl/N-ethyl adjacent to an activating group) is 1. The van der Waals surface area contributed by atoms with Crippen LogP contribution in [0.4, 0.5) is 5.69 Å². The van der Waals surface area contributed by atoms with Crippen molar-refractivity contribution in [1.82, 2.24) is 9.88 Å². The summed E-state index contributed by atoms with van der Waals surface area (Å²) in [7, 11) is 1.87. The van der Waals surface area contributed by atoms with Crippen molar-refractivity contribution in [3.63, 3.8) is 0 Å². The molecular formula is C20H21N3O2S. The van der Waals surface area contributed by atoms with Crippen molar-refractivity contribution in [2.75, 3.05) is 25.2 Å². The van der Waals surface area contributed by atoms with Crippen LogP contribution in [0.1, 0.15) is 5.89 Å². The van der Waals surface area contributed by atoms with E-state index in [1.54, 1.807) is 18.0 Å². The Morgan fingerprint density at radius 1 is 1.15 bits per heavy atom. The molecule has 0 unspecified atom stereocenters. The van der Waals surface area contributed by atoms with Gasteiger partial charge in [-0.3, -0.25) is 9.69 Å². The van der Waals surface area contributed by atoms with Crippen LogP contribution in [-0.4, -0.2) is 35.6 Å². The average molecular weight is 367 g/mol. The summed E-state index contributed by atoms with van der Waals surface area (Å²) in [5.74, 6) is 1.25. The molecule has 3 aromatic rings.